The third-order valence-corrected chi connectivity index (χ3v) is 5.86. The van der Waals surface area contributed by atoms with Crippen molar-refractivity contribution in [3.8, 4) is 0 Å². The van der Waals surface area contributed by atoms with Gasteiger partial charge in [0.2, 0.25) is 0 Å². The molecule has 0 aliphatic carbocycles. The lowest BCUT2D eigenvalue weighted by molar-refractivity contribution is -0.0186. The van der Waals surface area contributed by atoms with Gasteiger partial charge in [0.05, 0.1) is 12.7 Å². The van der Waals surface area contributed by atoms with Gasteiger partial charge >= 0.3 is 8.80 Å². The zero-order chi connectivity index (χ0) is 14.7. The first-order chi connectivity index (χ1) is 9.05. The summed E-state index contributed by atoms with van der Waals surface area (Å²) >= 11 is 0. The normalized spacial score (nSPS) is 15.5. The van der Waals surface area contributed by atoms with Crippen LogP contribution in [0.1, 0.15) is 33.6 Å². The first-order valence-electron chi connectivity index (χ1n) is 6.94. The van der Waals surface area contributed by atoms with E-state index in [1.165, 1.54) is 0 Å². The highest BCUT2D eigenvalue weighted by Gasteiger charge is 2.39. The summed E-state index contributed by atoms with van der Waals surface area (Å²) in [6.45, 7) is 6.81. The predicted molar refractivity (Wildman–Crippen MR) is 73.8 cm³/mol. The third kappa shape index (κ3) is 7.36. The van der Waals surface area contributed by atoms with Crippen LogP contribution in [0.5, 0.6) is 0 Å². The third-order valence-electron chi connectivity index (χ3n) is 2.71. The van der Waals surface area contributed by atoms with Crippen LogP contribution in [0.4, 0.5) is 0 Å². The Morgan fingerprint density at radius 2 is 1.37 bits per heavy atom. The number of aliphatic hydroxyl groups is 3. The van der Waals surface area contributed by atoms with Crippen molar-refractivity contribution in [3.05, 3.63) is 0 Å². The Bertz CT molecular complexity index is 199. The van der Waals surface area contributed by atoms with Crippen molar-refractivity contribution >= 4 is 8.80 Å². The van der Waals surface area contributed by atoms with Crippen LogP contribution < -0.4 is 0 Å². The second-order valence-electron chi connectivity index (χ2n) is 4.19. The van der Waals surface area contributed by atoms with Crippen molar-refractivity contribution in [1.82, 2.24) is 0 Å². The van der Waals surface area contributed by atoms with E-state index in [1.54, 1.807) is 0 Å². The van der Waals surface area contributed by atoms with Crippen LogP contribution in [0.25, 0.3) is 0 Å². The lowest BCUT2D eigenvalue weighted by atomic mass is 10.1. The molecule has 0 heterocycles. The van der Waals surface area contributed by atoms with Crippen LogP contribution in [0.2, 0.25) is 6.04 Å². The maximum atomic E-state index is 9.59. The van der Waals surface area contributed by atoms with E-state index < -0.39 is 27.6 Å². The number of rotatable bonds is 12. The van der Waals surface area contributed by atoms with Crippen molar-refractivity contribution in [2.75, 3.05) is 26.4 Å². The van der Waals surface area contributed by atoms with Gasteiger partial charge in [0.1, 0.15) is 6.10 Å². The fourth-order valence-corrected chi connectivity index (χ4v) is 4.48. The van der Waals surface area contributed by atoms with Gasteiger partial charge < -0.3 is 28.6 Å². The zero-order valence-electron chi connectivity index (χ0n) is 12.2. The molecule has 2 unspecified atom stereocenters. The van der Waals surface area contributed by atoms with E-state index in [9.17, 15) is 10.2 Å². The number of hydrogen-bond acceptors (Lipinski definition) is 6. The van der Waals surface area contributed by atoms with Gasteiger partial charge in [0.25, 0.3) is 0 Å². The summed E-state index contributed by atoms with van der Waals surface area (Å²) in [4.78, 5) is 0. The lowest BCUT2D eigenvalue weighted by Crippen LogP contribution is -2.46. The van der Waals surface area contributed by atoms with Gasteiger partial charge in [-0.05, 0) is 33.6 Å². The topological polar surface area (TPSA) is 88.4 Å². The van der Waals surface area contributed by atoms with E-state index in [4.69, 9.17) is 18.4 Å². The van der Waals surface area contributed by atoms with Crippen molar-refractivity contribution in [2.45, 2.75) is 51.9 Å². The van der Waals surface area contributed by atoms with Crippen LogP contribution in [0.15, 0.2) is 0 Å². The van der Waals surface area contributed by atoms with Gasteiger partial charge in [-0.25, -0.2) is 0 Å². The molecule has 0 fully saturated rings. The van der Waals surface area contributed by atoms with Crippen molar-refractivity contribution in [2.24, 2.45) is 0 Å². The van der Waals surface area contributed by atoms with Crippen LogP contribution in [-0.4, -0.2) is 62.8 Å². The van der Waals surface area contributed by atoms with Crippen molar-refractivity contribution in [3.63, 3.8) is 0 Å². The van der Waals surface area contributed by atoms with E-state index >= 15 is 0 Å². The van der Waals surface area contributed by atoms with E-state index in [0.29, 0.717) is 38.7 Å². The summed E-state index contributed by atoms with van der Waals surface area (Å²) in [5.41, 5.74) is 0. The van der Waals surface area contributed by atoms with Crippen molar-refractivity contribution < 1.29 is 28.6 Å². The second-order valence-corrected chi connectivity index (χ2v) is 6.92. The molecule has 0 aromatic carbocycles. The van der Waals surface area contributed by atoms with Crippen molar-refractivity contribution in [1.29, 1.82) is 0 Å². The molecule has 0 aliphatic heterocycles. The number of hydrogen-bond donors (Lipinski definition) is 3. The second kappa shape index (κ2) is 10.7. The van der Waals surface area contributed by atoms with E-state index in [-0.39, 0.29) is 0 Å². The predicted octanol–water partition coefficient (Wildman–Crippen LogP) is 0.529. The Morgan fingerprint density at radius 1 is 0.895 bits per heavy atom. The molecule has 0 rings (SSSR count). The Balaban J connectivity index is 4.31. The molecule has 6 nitrogen and oxygen atoms in total. The lowest BCUT2D eigenvalue weighted by Gasteiger charge is -2.28. The van der Waals surface area contributed by atoms with Crippen LogP contribution in [0.3, 0.4) is 0 Å². The molecule has 0 saturated carbocycles. The summed E-state index contributed by atoms with van der Waals surface area (Å²) in [6, 6.07) is 0.595. The van der Waals surface area contributed by atoms with Crippen LogP contribution >= 0.6 is 0 Å². The van der Waals surface area contributed by atoms with E-state index in [1.807, 2.05) is 20.8 Å². The molecule has 7 heteroatoms. The highest BCUT2D eigenvalue weighted by atomic mass is 28.4. The highest BCUT2D eigenvalue weighted by molar-refractivity contribution is 6.60. The largest absolute Gasteiger partial charge is 0.500 e. The monoisotopic (exact) mass is 296 g/mol. The Labute approximate surface area is 116 Å². The maximum Gasteiger partial charge on any atom is 0.500 e. The quantitative estimate of drug-likeness (QED) is 0.455. The average molecular weight is 296 g/mol. The molecular formula is C12H28O6Si. The first-order valence-corrected chi connectivity index (χ1v) is 8.87. The summed E-state index contributed by atoms with van der Waals surface area (Å²) in [5, 5.41) is 27.6. The molecule has 116 valence electrons. The Morgan fingerprint density at radius 3 is 1.74 bits per heavy atom. The molecule has 0 radical (unpaired) electrons. The summed E-state index contributed by atoms with van der Waals surface area (Å²) in [6.07, 6.45) is -1.03. The van der Waals surface area contributed by atoms with Gasteiger partial charge in [-0.1, -0.05) is 0 Å². The molecular weight excluding hydrogens is 268 g/mol. The minimum atomic E-state index is -2.66. The molecule has 0 aliphatic rings. The molecule has 0 spiro atoms. The van der Waals surface area contributed by atoms with Gasteiger partial charge in [-0.15, -0.1) is 0 Å². The van der Waals surface area contributed by atoms with Gasteiger partial charge in [-0.3, -0.25) is 0 Å². The highest BCUT2D eigenvalue weighted by Crippen LogP contribution is 2.20. The Kier molecular flexibility index (Phi) is 10.7. The summed E-state index contributed by atoms with van der Waals surface area (Å²) in [7, 11) is -2.66. The molecule has 0 aromatic rings. The molecule has 0 amide bonds. The SMILES string of the molecule is CCO[Si](CCCC(O)C(O)CO)(OCC)OCC. The van der Waals surface area contributed by atoms with E-state index in [2.05, 4.69) is 0 Å². The minimum Gasteiger partial charge on any atom is -0.394 e. The summed E-state index contributed by atoms with van der Waals surface area (Å²) in [5.74, 6) is 0. The molecule has 0 saturated heterocycles. The van der Waals surface area contributed by atoms with Crippen LogP contribution in [0, 0.1) is 0 Å². The molecule has 2 atom stereocenters. The Hall–Kier alpha value is -0.0231. The van der Waals surface area contributed by atoms with E-state index in [0.717, 1.165) is 0 Å². The standard InChI is InChI=1S/C12H28O6Si/c1-4-16-19(17-5-2,18-6-3)9-7-8-11(14)12(15)10-13/h11-15H,4-10H2,1-3H3. The number of aliphatic hydroxyl groups excluding tert-OH is 3. The average Bonchev–Trinajstić information content (AvgIpc) is 2.38. The molecule has 0 aromatic heterocycles. The first kappa shape index (κ1) is 19.0. The van der Waals surface area contributed by atoms with Gasteiger partial charge in [0, 0.05) is 25.9 Å². The van der Waals surface area contributed by atoms with Crippen LogP contribution in [-0.2, 0) is 13.3 Å². The summed E-state index contributed by atoms with van der Waals surface area (Å²) < 4.78 is 17.0. The molecule has 19 heavy (non-hydrogen) atoms. The van der Waals surface area contributed by atoms with Gasteiger partial charge in [0.15, 0.2) is 0 Å². The van der Waals surface area contributed by atoms with Gasteiger partial charge in [-0.2, -0.15) is 0 Å². The fraction of sp³-hybridized carbons (Fsp3) is 1.00. The molecule has 3 N–H and O–H groups in total. The zero-order valence-corrected chi connectivity index (χ0v) is 13.2. The fourth-order valence-electron chi connectivity index (χ4n) is 1.84. The smallest absolute Gasteiger partial charge is 0.394 e. The minimum absolute atomic E-state index is 0.379. The maximum absolute atomic E-state index is 9.59. The molecule has 0 bridgehead atoms.